The molecule has 1 amide bonds. The molecule has 0 bridgehead atoms. The van der Waals surface area contributed by atoms with Gasteiger partial charge in [0.25, 0.3) is 0 Å². The second-order valence-electron chi connectivity index (χ2n) is 4.61. The SMILES string of the molecule is O=C(NC(CBr)Cc1ccccc1)C1CCSC1. The number of hydrogen-bond donors (Lipinski definition) is 1. The van der Waals surface area contributed by atoms with Crippen molar-refractivity contribution in [3.8, 4) is 0 Å². The van der Waals surface area contributed by atoms with Crippen molar-refractivity contribution in [2.75, 3.05) is 16.8 Å². The van der Waals surface area contributed by atoms with E-state index in [1.807, 2.05) is 30.0 Å². The fraction of sp³-hybridized carbons (Fsp3) is 0.500. The summed E-state index contributed by atoms with van der Waals surface area (Å²) in [5.41, 5.74) is 1.27. The van der Waals surface area contributed by atoms with Crippen molar-refractivity contribution in [2.24, 2.45) is 5.92 Å². The largest absolute Gasteiger partial charge is 0.352 e. The topological polar surface area (TPSA) is 29.1 Å². The molecule has 1 saturated heterocycles. The molecule has 1 heterocycles. The van der Waals surface area contributed by atoms with Gasteiger partial charge in [-0.2, -0.15) is 11.8 Å². The van der Waals surface area contributed by atoms with Crippen molar-refractivity contribution < 1.29 is 4.79 Å². The summed E-state index contributed by atoms with van der Waals surface area (Å²) in [5, 5.41) is 3.96. The molecule has 0 aromatic heterocycles. The average Bonchev–Trinajstić information content (AvgIpc) is 2.93. The molecule has 18 heavy (non-hydrogen) atoms. The molecule has 0 radical (unpaired) electrons. The van der Waals surface area contributed by atoms with Gasteiger partial charge in [-0.3, -0.25) is 4.79 Å². The van der Waals surface area contributed by atoms with Crippen LogP contribution in [0.15, 0.2) is 30.3 Å². The Morgan fingerprint density at radius 3 is 2.83 bits per heavy atom. The zero-order chi connectivity index (χ0) is 12.8. The molecule has 98 valence electrons. The van der Waals surface area contributed by atoms with Crippen LogP contribution in [0, 0.1) is 5.92 Å². The summed E-state index contributed by atoms with van der Waals surface area (Å²) < 4.78 is 0. The molecule has 0 saturated carbocycles. The maximum absolute atomic E-state index is 12.1. The standard InChI is InChI=1S/C14H18BrNOS/c15-9-13(8-11-4-2-1-3-5-11)16-14(17)12-6-7-18-10-12/h1-5,12-13H,6-10H2,(H,16,17). The van der Waals surface area contributed by atoms with Gasteiger partial charge >= 0.3 is 0 Å². The first-order chi connectivity index (χ1) is 8.79. The van der Waals surface area contributed by atoms with E-state index < -0.39 is 0 Å². The van der Waals surface area contributed by atoms with E-state index in [1.165, 1.54) is 5.56 Å². The zero-order valence-electron chi connectivity index (χ0n) is 10.3. The lowest BCUT2D eigenvalue weighted by molar-refractivity contribution is -0.124. The molecule has 4 heteroatoms. The molecule has 2 unspecified atom stereocenters. The number of alkyl halides is 1. The fourth-order valence-corrected chi connectivity index (χ4v) is 3.71. The van der Waals surface area contributed by atoms with Crippen LogP contribution in [0.25, 0.3) is 0 Å². The Hall–Kier alpha value is -0.480. The molecule has 2 atom stereocenters. The summed E-state index contributed by atoms with van der Waals surface area (Å²) in [6.45, 7) is 0. The molecule has 2 nitrogen and oxygen atoms in total. The Labute approximate surface area is 121 Å². The van der Waals surface area contributed by atoms with Crippen molar-refractivity contribution in [1.29, 1.82) is 0 Å². The molecule has 1 aliphatic rings. The Balaban J connectivity index is 1.87. The highest BCUT2D eigenvalue weighted by atomic mass is 79.9. The van der Waals surface area contributed by atoms with E-state index in [1.54, 1.807) is 0 Å². The minimum Gasteiger partial charge on any atom is -0.352 e. The molecule has 0 aliphatic carbocycles. The molecule has 0 spiro atoms. The van der Waals surface area contributed by atoms with Gasteiger partial charge in [0.1, 0.15) is 0 Å². The Kier molecular flexibility index (Phi) is 5.57. The Morgan fingerprint density at radius 1 is 1.44 bits per heavy atom. The van der Waals surface area contributed by atoms with Crippen molar-refractivity contribution in [1.82, 2.24) is 5.32 Å². The van der Waals surface area contributed by atoms with Crippen LogP contribution in [0.1, 0.15) is 12.0 Å². The van der Waals surface area contributed by atoms with Crippen molar-refractivity contribution in [3.63, 3.8) is 0 Å². The highest BCUT2D eigenvalue weighted by Crippen LogP contribution is 2.23. The first-order valence-electron chi connectivity index (χ1n) is 6.27. The fourth-order valence-electron chi connectivity index (χ4n) is 2.10. The summed E-state index contributed by atoms with van der Waals surface area (Å²) >= 11 is 5.37. The van der Waals surface area contributed by atoms with Crippen molar-refractivity contribution in [3.05, 3.63) is 35.9 Å². The quantitative estimate of drug-likeness (QED) is 0.842. The first-order valence-corrected chi connectivity index (χ1v) is 8.55. The van der Waals surface area contributed by atoms with Gasteiger partial charge in [0.15, 0.2) is 0 Å². The van der Waals surface area contributed by atoms with Crippen LogP contribution in [0.5, 0.6) is 0 Å². The molecule has 1 aliphatic heterocycles. The van der Waals surface area contributed by atoms with E-state index in [2.05, 4.69) is 33.4 Å². The van der Waals surface area contributed by atoms with Crippen molar-refractivity contribution >= 4 is 33.6 Å². The van der Waals surface area contributed by atoms with Crippen LogP contribution in [-0.4, -0.2) is 28.8 Å². The maximum atomic E-state index is 12.1. The number of carbonyl (C=O) groups excluding carboxylic acids is 1. The third-order valence-corrected chi connectivity index (χ3v) is 5.10. The third kappa shape index (κ3) is 4.02. The smallest absolute Gasteiger partial charge is 0.224 e. The maximum Gasteiger partial charge on any atom is 0.224 e. The molecular weight excluding hydrogens is 310 g/mol. The molecule has 1 aromatic rings. The lowest BCUT2D eigenvalue weighted by Gasteiger charge is -2.18. The van der Waals surface area contributed by atoms with Gasteiger partial charge in [-0.05, 0) is 24.2 Å². The lowest BCUT2D eigenvalue weighted by atomic mass is 10.0. The number of benzene rings is 1. The second kappa shape index (κ2) is 7.19. The minimum atomic E-state index is 0.186. The minimum absolute atomic E-state index is 0.186. The molecular formula is C14H18BrNOS. The van der Waals surface area contributed by atoms with Gasteiger partial charge in [-0.25, -0.2) is 0 Å². The second-order valence-corrected chi connectivity index (χ2v) is 6.41. The first kappa shape index (κ1) is 13.9. The normalized spacial score (nSPS) is 20.6. The van der Waals surface area contributed by atoms with Gasteiger partial charge < -0.3 is 5.32 Å². The summed E-state index contributed by atoms with van der Waals surface area (Å²) in [7, 11) is 0. The number of nitrogens with one attached hydrogen (secondary N) is 1. The van der Waals surface area contributed by atoms with Gasteiger partial charge in [-0.1, -0.05) is 46.3 Å². The number of halogens is 1. The van der Waals surface area contributed by atoms with Gasteiger partial charge in [-0.15, -0.1) is 0 Å². The predicted octanol–water partition coefficient (Wildman–Crippen LogP) is 2.86. The van der Waals surface area contributed by atoms with E-state index in [-0.39, 0.29) is 17.9 Å². The number of carbonyl (C=O) groups is 1. The highest BCUT2D eigenvalue weighted by molar-refractivity contribution is 9.09. The number of rotatable bonds is 5. The summed E-state index contributed by atoms with van der Waals surface area (Å²) in [5.74, 6) is 2.54. The van der Waals surface area contributed by atoms with E-state index in [9.17, 15) is 4.79 Å². The summed E-state index contributed by atoms with van der Waals surface area (Å²) in [4.78, 5) is 12.1. The van der Waals surface area contributed by atoms with Crippen LogP contribution in [0.3, 0.4) is 0 Å². The lowest BCUT2D eigenvalue weighted by Crippen LogP contribution is -2.41. The molecule has 1 fully saturated rings. The average molecular weight is 328 g/mol. The number of hydrogen-bond acceptors (Lipinski definition) is 2. The Bertz CT molecular complexity index is 379. The zero-order valence-corrected chi connectivity index (χ0v) is 12.7. The predicted molar refractivity (Wildman–Crippen MR) is 81.3 cm³/mol. The van der Waals surface area contributed by atoms with Gasteiger partial charge in [0.05, 0.1) is 0 Å². The summed E-state index contributed by atoms with van der Waals surface area (Å²) in [6, 6.07) is 10.5. The highest BCUT2D eigenvalue weighted by Gasteiger charge is 2.24. The van der Waals surface area contributed by atoms with Crippen LogP contribution in [0.2, 0.25) is 0 Å². The van der Waals surface area contributed by atoms with E-state index in [0.29, 0.717) is 0 Å². The monoisotopic (exact) mass is 327 g/mol. The number of thioether (sulfide) groups is 1. The van der Waals surface area contributed by atoms with Crippen LogP contribution >= 0.6 is 27.7 Å². The van der Waals surface area contributed by atoms with Crippen molar-refractivity contribution in [2.45, 2.75) is 18.9 Å². The summed E-state index contributed by atoms with van der Waals surface area (Å²) in [6.07, 6.45) is 1.91. The Morgan fingerprint density at radius 2 is 2.22 bits per heavy atom. The van der Waals surface area contributed by atoms with Crippen LogP contribution < -0.4 is 5.32 Å². The third-order valence-electron chi connectivity index (χ3n) is 3.16. The van der Waals surface area contributed by atoms with Crippen LogP contribution in [0.4, 0.5) is 0 Å². The van der Waals surface area contributed by atoms with E-state index >= 15 is 0 Å². The number of amides is 1. The van der Waals surface area contributed by atoms with E-state index in [0.717, 1.165) is 29.7 Å². The molecule has 2 rings (SSSR count). The van der Waals surface area contributed by atoms with Gasteiger partial charge in [0, 0.05) is 23.0 Å². The molecule has 1 N–H and O–H groups in total. The molecule has 1 aromatic carbocycles. The van der Waals surface area contributed by atoms with Crippen LogP contribution in [-0.2, 0) is 11.2 Å². The van der Waals surface area contributed by atoms with E-state index in [4.69, 9.17) is 0 Å². The van der Waals surface area contributed by atoms with Gasteiger partial charge in [0.2, 0.25) is 5.91 Å².